The van der Waals surface area contributed by atoms with E-state index >= 15 is 0 Å². The van der Waals surface area contributed by atoms with Crippen molar-refractivity contribution in [1.82, 2.24) is 14.8 Å². The number of carbonyl (C=O) groups excluding carboxylic acids is 1. The molecule has 0 saturated carbocycles. The van der Waals surface area contributed by atoms with Gasteiger partial charge in [-0.1, -0.05) is 35.5 Å². The zero-order valence-corrected chi connectivity index (χ0v) is 16.5. The number of amides is 1. The van der Waals surface area contributed by atoms with Gasteiger partial charge in [-0.2, -0.15) is 0 Å². The molecule has 3 aromatic rings. The lowest BCUT2D eigenvalue weighted by Gasteiger charge is -2.14. The summed E-state index contributed by atoms with van der Waals surface area (Å²) in [4.78, 5) is 11.2. The number of primary amides is 1. The summed E-state index contributed by atoms with van der Waals surface area (Å²) >= 11 is 7.16. The molecule has 0 aliphatic carbocycles. The lowest BCUT2D eigenvalue weighted by atomic mass is 10.1. The van der Waals surface area contributed by atoms with Gasteiger partial charge in [-0.25, -0.2) is 0 Å². The Morgan fingerprint density at radius 1 is 1.19 bits per heavy atom. The highest BCUT2D eigenvalue weighted by atomic mass is 35.5. The van der Waals surface area contributed by atoms with Crippen LogP contribution in [0.3, 0.4) is 0 Å². The number of carbonyl (C=O) groups is 1. The molecule has 0 spiro atoms. The van der Waals surface area contributed by atoms with E-state index in [0.29, 0.717) is 21.8 Å². The molecule has 140 valence electrons. The summed E-state index contributed by atoms with van der Waals surface area (Å²) in [6.45, 7) is 4.26. The predicted octanol–water partition coefficient (Wildman–Crippen LogP) is 3.69. The van der Waals surface area contributed by atoms with Crippen molar-refractivity contribution in [2.45, 2.75) is 25.6 Å². The van der Waals surface area contributed by atoms with E-state index in [4.69, 9.17) is 22.1 Å². The second-order valence-electron chi connectivity index (χ2n) is 6.02. The molecule has 3 rings (SSSR count). The first-order valence-corrected chi connectivity index (χ1v) is 9.62. The Balaban J connectivity index is 1.94. The molecule has 0 radical (unpaired) electrons. The van der Waals surface area contributed by atoms with Crippen molar-refractivity contribution >= 4 is 29.3 Å². The van der Waals surface area contributed by atoms with Crippen molar-refractivity contribution in [2.24, 2.45) is 5.73 Å². The molecule has 8 heteroatoms. The van der Waals surface area contributed by atoms with E-state index in [1.165, 1.54) is 11.8 Å². The molecule has 1 heterocycles. The van der Waals surface area contributed by atoms with E-state index < -0.39 is 5.91 Å². The Labute approximate surface area is 166 Å². The summed E-state index contributed by atoms with van der Waals surface area (Å²) in [6, 6.07) is 13.3. The third-order valence-corrected chi connectivity index (χ3v) is 5.03. The standard InChI is InChI=1S/C19H19ClN4O2S/c1-12-3-4-13(2)16(9-12)24-18(22-23-19(24)27-11-17(21)25)10-26-15-7-5-14(20)6-8-15/h3-9H,10-11H2,1-2H3,(H2,21,25). The summed E-state index contributed by atoms with van der Waals surface area (Å²) < 4.78 is 7.74. The number of hydrogen-bond acceptors (Lipinski definition) is 5. The van der Waals surface area contributed by atoms with Crippen LogP contribution in [0.1, 0.15) is 17.0 Å². The van der Waals surface area contributed by atoms with Crippen molar-refractivity contribution in [1.29, 1.82) is 0 Å². The minimum absolute atomic E-state index is 0.126. The largest absolute Gasteiger partial charge is 0.486 e. The van der Waals surface area contributed by atoms with Crippen molar-refractivity contribution < 1.29 is 9.53 Å². The van der Waals surface area contributed by atoms with Gasteiger partial charge in [-0.15, -0.1) is 10.2 Å². The molecule has 0 atom stereocenters. The number of rotatable bonds is 7. The number of thioether (sulfide) groups is 1. The van der Waals surface area contributed by atoms with E-state index in [1.807, 2.05) is 30.5 Å². The minimum atomic E-state index is -0.408. The van der Waals surface area contributed by atoms with Gasteiger partial charge in [-0.05, 0) is 55.3 Å². The van der Waals surface area contributed by atoms with Crippen LogP contribution in [0.4, 0.5) is 0 Å². The van der Waals surface area contributed by atoms with Crippen LogP contribution in [0.15, 0.2) is 47.6 Å². The topological polar surface area (TPSA) is 83.0 Å². The molecule has 0 fully saturated rings. The van der Waals surface area contributed by atoms with Crippen LogP contribution in [0, 0.1) is 13.8 Å². The Morgan fingerprint density at radius 2 is 1.93 bits per heavy atom. The predicted molar refractivity (Wildman–Crippen MR) is 107 cm³/mol. The fourth-order valence-electron chi connectivity index (χ4n) is 2.50. The van der Waals surface area contributed by atoms with Crippen molar-refractivity contribution in [3.63, 3.8) is 0 Å². The van der Waals surface area contributed by atoms with Gasteiger partial charge in [0.1, 0.15) is 12.4 Å². The highest BCUT2D eigenvalue weighted by molar-refractivity contribution is 7.99. The van der Waals surface area contributed by atoms with E-state index in [1.54, 1.807) is 24.3 Å². The van der Waals surface area contributed by atoms with Crippen molar-refractivity contribution in [3.05, 3.63) is 64.4 Å². The fraction of sp³-hybridized carbons (Fsp3) is 0.211. The molecular weight excluding hydrogens is 384 g/mol. The number of hydrogen-bond donors (Lipinski definition) is 1. The normalized spacial score (nSPS) is 10.8. The quantitative estimate of drug-likeness (QED) is 0.609. The van der Waals surface area contributed by atoms with Crippen molar-refractivity contribution in [2.75, 3.05) is 5.75 Å². The van der Waals surface area contributed by atoms with Gasteiger partial charge < -0.3 is 10.5 Å². The first-order valence-electron chi connectivity index (χ1n) is 8.25. The Morgan fingerprint density at radius 3 is 2.63 bits per heavy atom. The zero-order valence-electron chi connectivity index (χ0n) is 15.0. The second kappa shape index (κ2) is 8.45. The summed E-state index contributed by atoms with van der Waals surface area (Å²) in [5.74, 6) is 1.03. The molecular formula is C19H19ClN4O2S. The molecule has 1 aromatic heterocycles. The van der Waals surface area contributed by atoms with Crippen LogP contribution in [0.2, 0.25) is 5.02 Å². The number of benzene rings is 2. The molecule has 6 nitrogen and oxygen atoms in total. The summed E-state index contributed by atoms with van der Waals surface area (Å²) in [7, 11) is 0. The van der Waals surface area contributed by atoms with Gasteiger partial charge in [-0.3, -0.25) is 9.36 Å². The third-order valence-electron chi connectivity index (χ3n) is 3.83. The van der Waals surface area contributed by atoms with Crippen LogP contribution < -0.4 is 10.5 Å². The van der Waals surface area contributed by atoms with Gasteiger partial charge in [0.25, 0.3) is 0 Å². The van der Waals surface area contributed by atoms with Gasteiger partial charge >= 0.3 is 0 Å². The summed E-state index contributed by atoms with van der Waals surface area (Å²) in [5, 5.41) is 9.73. The highest BCUT2D eigenvalue weighted by Gasteiger charge is 2.17. The van der Waals surface area contributed by atoms with Gasteiger partial charge in [0.05, 0.1) is 11.4 Å². The van der Waals surface area contributed by atoms with Crippen LogP contribution in [-0.4, -0.2) is 26.4 Å². The molecule has 0 unspecified atom stereocenters. The average Bonchev–Trinajstić information content (AvgIpc) is 3.04. The van der Waals surface area contributed by atoms with Crippen LogP contribution in [-0.2, 0) is 11.4 Å². The maximum Gasteiger partial charge on any atom is 0.227 e. The SMILES string of the molecule is Cc1ccc(C)c(-n2c(COc3ccc(Cl)cc3)nnc2SCC(N)=O)c1. The third kappa shape index (κ3) is 4.81. The zero-order chi connectivity index (χ0) is 19.4. The maximum atomic E-state index is 11.2. The van der Waals surface area contributed by atoms with Crippen LogP contribution in [0.5, 0.6) is 5.75 Å². The highest BCUT2D eigenvalue weighted by Crippen LogP contribution is 2.26. The number of halogens is 1. The Bertz CT molecular complexity index is 957. The number of aryl methyl sites for hydroxylation is 2. The van der Waals surface area contributed by atoms with Crippen LogP contribution >= 0.6 is 23.4 Å². The number of ether oxygens (including phenoxy) is 1. The van der Waals surface area contributed by atoms with E-state index in [2.05, 4.69) is 16.3 Å². The number of nitrogens with zero attached hydrogens (tertiary/aromatic N) is 3. The van der Waals surface area contributed by atoms with Crippen molar-refractivity contribution in [3.8, 4) is 11.4 Å². The molecule has 0 aliphatic heterocycles. The molecule has 0 aliphatic rings. The first kappa shape index (κ1) is 19.3. The molecule has 0 bridgehead atoms. The Kier molecular flexibility index (Phi) is 6.03. The number of nitrogens with two attached hydrogens (primary N) is 1. The van der Waals surface area contributed by atoms with E-state index in [0.717, 1.165) is 16.8 Å². The average molecular weight is 403 g/mol. The summed E-state index contributed by atoms with van der Waals surface area (Å²) in [6.07, 6.45) is 0. The monoisotopic (exact) mass is 402 g/mol. The minimum Gasteiger partial charge on any atom is -0.486 e. The number of aromatic nitrogens is 3. The van der Waals surface area contributed by atoms with Gasteiger partial charge in [0.15, 0.2) is 11.0 Å². The maximum absolute atomic E-state index is 11.2. The molecule has 0 saturated heterocycles. The molecule has 2 aromatic carbocycles. The van der Waals surface area contributed by atoms with E-state index in [9.17, 15) is 4.79 Å². The molecule has 27 heavy (non-hydrogen) atoms. The summed E-state index contributed by atoms with van der Waals surface area (Å²) in [5.41, 5.74) is 8.40. The van der Waals surface area contributed by atoms with Gasteiger partial charge in [0, 0.05) is 5.02 Å². The van der Waals surface area contributed by atoms with Crippen LogP contribution in [0.25, 0.3) is 5.69 Å². The first-order chi connectivity index (χ1) is 12.9. The smallest absolute Gasteiger partial charge is 0.227 e. The Hall–Kier alpha value is -2.51. The fourth-order valence-corrected chi connectivity index (χ4v) is 3.33. The lowest BCUT2D eigenvalue weighted by molar-refractivity contribution is -0.115. The molecule has 1 amide bonds. The molecule has 2 N–H and O–H groups in total. The second-order valence-corrected chi connectivity index (χ2v) is 7.40. The van der Waals surface area contributed by atoms with E-state index in [-0.39, 0.29) is 12.4 Å². The van der Waals surface area contributed by atoms with Gasteiger partial charge in [0.2, 0.25) is 5.91 Å². The lowest BCUT2D eigenvalue weighted by Crippen LogP contribution is -2.14.